The molecule has 1 aliphatic rings. The molecule has 4 aromatic rings. The Hall–Kier alpha value is -3.60. The fourth-order valence-corrected chi connectivity index (χ4v) is 4.44. The summed E-state index contributed by atoms with van der Waals surface area (Å²) in [6.45, 7) is 4.32. The lowest BCUT2D eigenvalue weighted by molar-refractivity contribution is 0.104. The normalized spacial score (nSPS) is 14.3. The van der Waals surface area contributed by atoms with Crippen LogP contribution >= 0.6 is 0 Å². The summed E-state index contributed by atoms with van der Waals surface area (Å²) in [5.41, 5.74) is 6.04. The van der Waals surface area contributed by atoms with Gasteiger partial charge in [-0.25, -0.2) is 0 Å². The van der Waals surface area contributed by atoms with Gasteiger partial charge < -0.3 is 10.6 Å². The maximum Gasteiger partial charge on any atom is 0.196 e. The second-order valence-electron chi connectivity index (χ2n) is 8.05. The number of anilines is 2. The van der Waals surface area contributed by atoms with E-state index in [0.29, 0.717) is 11.1 Å². The Morgan fingerprint density at radius 1 is 0.867 bits per heavy atom. The van der Waals surface area contributed by atoms with E-state index in [1.807, 2.05) is 54.6 Å². The third kappa shape index (κ3) is 3.12. The zero-order chi connectivity index (χ0) is 20.7. The number of para-hydroxylation sites is 1. The van der Waals surface area contributed by atoms with E-state index in [9.17, 15) is 4.79 Å². The van der Waals surface area contributed by atoms with Crippen LogP contribution in [0.15, 0.2) is 66.7 Å². The summed E-state index contributed by atoms with van der Waals surface area (Å²) in [7, 11) is 0. The highest BCUT2D eigenvalue weighted by Gasteiger charge is 2.29. The lowest BCUT2D eigenvalue weighted by Crippen LogP contribution is -2.27. The van der Waals surface area contributed by atoms with Crippen LogP contribution in [0.4, 0.5) is 11.4 Å². The molecule has 0 radical (unpaired) electrons. The van der Waals surface area contributed by atoms with Crippen molar-refractivity contribution in [3.63, 3.8) is 0 Å². The zero-order valence-electron chi connectivity index (χ0n) is 17.1. The summed E-state index contributed by atoms with van der Waals surface area (Å²) in [5, 5.41) is 15.6. The number of nitrogens with zero attached hydrogens (tertiary/aromatic N) is 1. The maximum atomic E-state index is 13.4. The molecule has 2 unspecified atom stereocenters. The molecular weight excluding hydrogens is 372 g/mol. The lowest BCUT2D eigenvalue weighted by atomic mass is 9.86. The standard InChI is InChI=1S/C25H24N4O/c1-15(26-17-8-4-3-5-9-17)14-16(2)27-20-12-6-10-18-23(20)25(30)19-11-7-13-21-22(19)24(18)29-28-21/h3-13,15-16,26-27H,14H2,1-2H3,(H,28,29). The van der Waals surface area contributed by atoms with Crippen LogP contribution in [0.2, 0.25) is 0 Å². The van der Waals surface area contributed by atoms with Gasteiger partial charge in [0.2, 0.25) is 0 Å². The largest absolute Gasteiger partial charge is 0.383 e. The number of hydrogen-bond donors (Lipinski definition) is 3. The van der Waals surface area contributed by atoms with Crippen LogP contribution in [0, 0.1) is 0 Å². The maximum absolute atomic E-state index is 13.4. The molecule has 3 N–H and O–H groups in total. The number of benzene rings is 3. The van der Waals surface area contributed by atoms with Crippen molar-refractivity contribution in [2.24, 2.45) is 0 Å². The van der Waals surface area contributed by atoms with Crippen molar-refractivity contribution in [1.29, 1.82) is 0 Å². The van der Waals surface area contributed by atoms with Gasteiger partial charge in [0.25, 0.3) is 0 Å². The Morgan fingerprint density at radius 2 is 1.60 bits per heavy atom. The number of carbonyl (C=O) groups excluding carboxylic acids is 1. The van der Waals surface area contributed by atoms with Gasteiger partial charge in [0, 0.05) is 40.0 Å². The first-order valence-corrected chi connectivity index (χ1v) is 10.3. The first-order valence-electron chi connectivity index (χ1n) is 10.3. The Balaban J connectivity index is 1.40. The highest BCUT2D eigenvalue weighted by molar-refractivity contribution is 6.27. The second-order valence-corrected chi connectivity index (χ2v) is 8.05. The van der Waals surface area contributed by atoms with Gasteiger partial charge in [0.1, 0.15) is 5.69 Å². The average Bonchev–Trinajstić information content (AvgIpc) is 3.17. The van der Waals surface area contributed by atoms with Gasteiger partial charge in [0.15, 0.2) is 5.78 Å². The summed E-state index contributed by atoms with van der Waals surface area (Å²) >= 11 is 0. The second kappa shape index (κ2) is 7.34. The molecule has 30 heavy (non-hydrogen) atoms. The van der Waals surface area contributed by atoms with Gasteiger partial charge in [-0.15, -0.1) is 0 Å². The smallest absolute Gasteiger partial charge is 0.196 e. The quantitative estimate of drug-likeness (QED) is 0.356. The van der Waals surface area contributed by atoms with E-state index >= 15 is 0 Å². The van der Waals surface area contributed by atoms with E-state index < -0.39 is 0 Å². The molecule has 2 atom stereocenters. The number of rotatable bonds is 6. The van der Waals surface area contributed by atoms with Crippen LogP contribution in [0.1, 0.15) is 36.2 Å². The van der Waals surface area contributed by atoms with E-state index in [-0.39, 0.29) is 17.9 Å². The summed E-state index contributed by atoms with van der Waals surface area (Å²) in [4.78, 5) is 13.4. The zero-order valence-corrected chi connectivity index (χ0v) is 17.1. The van der Waals surface area contributed by atoms with Crippen LogP contribution in [0.25, 0.3) is 22.2 Å². The molecule has 150 valence electrons. The van der Waals surface area contributed by atoms with Crippen molar-refractivity contribution in [3.8, 4) is 11.3 Å². The van der Waals surface area contributed by atoms with Gasteiger partial charge in [-0.2, -0.15) is 5.10 Å². The van der Waals surface area contributed by atoms with Crippen LogP contribution < -0.4 is 10.6 Å². The first kappa shape index (κ1) is 18.4. The van der Waals surface area contributed by atoms with Crippen LogP contribution in [-0.2, 0) is 0 Å². The molecule has 5 nitrogen and oxygen atoms in total. The van der Waals surface area contributed by atoms with Crippen molar-refractivity contribution >= 4 is 28.1 Å². The van der Waals surface area contributed by atoms with Crippen LogP contribution in [0.5, 0.6) is 0 Å². The highest BCUT2D eigenvalue weighted by Crippen LogP contribution is 2.40. The van der Waals surface area contributed by atoms with E-state index in [1.54, 1.807) is 0 Å². The fourth-order valence-electron chi connectivity index (χ4n) is 4.44. The Kier molecular flexibility index (Phi) is 4.51. The third-order valence-electron chi connectivity index (χ3n) is 5.68. The minimum absolute atomic E-state index is 0.0512. The minimum atomic E-state index is 0.0512. The monoisotopic (exact) mass is 396 g/mol. The first-order chi connectivity index (χ1) is 14.6. The number of carbonyl (C=O) groups is 1. The molecular formula is C25H24N4O. The van der Waals surface area contributed by atoms with Gasteiger partial charge in [-0.1, -0.05) is 42.5 Å². The minimum Gasteiger partial charge on any atom is -0.383 e. The number of ketones is 1. The SMILES string of the molecule is CC(CC(C)Nc1cccc2c1C(=O)c1cccc3[nH]nc-2c13)Nc1ccccc1. The Bertz CT molecular complexity index is 1230. The number of nitrogens with one attached hydrogen (secondary N) is 3. The van der Waals surface area contributed by atoms with Crippen LogP contribution in [-0.4, -0.2) is 28.1 Å². The number of fused-ring (bicyclic) bond motifs is 2. The van der Waals surface area contributed by atoms with Crippen molar-refractivity contribution in [3.05, 3.63) is 77.9 Å². The number of H-pyrrole nitrogens is 1. The van der Waals surface area contributed by atoms with E-state index in [1.165, 1.54) is 0 Å². The van der Waals surface area contributed by atoms with E-state index in [0.717, 1.165) is 40.0 Å². The molecule has 1 heterocycles. The number of aromatic nitrogens is 2. The van der Waals surface area contributed by atoms with Crippen molar-refractivity contribution in [2.75, 3.05) is 10.6 Å². The number of hydrogen-bond acceptors (Lipinski definition) is 4. The Labute approximate surface area is 175 Å². The Morgan fingerprint density at radius 3 is 2.43 bits per heavy atom. The molecule has 0 bridgehead atoms. The van der Waals surface area contributed by atoms with Gasteiger partial charge in [-0.05, 0) is 44.5 Å². The molecule has 0 fully saturated rings. The molecule has 0 amide bonds. The topological polar surface area (TPSA) is 69.8 Å². The molecule has 0 saturated heterocycles. The average molecular weight is 396 g/mol. The summed E-state index contributed by atoms with van der Waals surface area (Å²) in [6, 6.07) is 22.4. The predicted molar refractivity (Wildman–Crippen MR) is 122 cm³/mol. The molecule has 1 aromatic heterocycles. The van der Waals surface area contributed by atoms with E-state index in [4.69, 9.17) is 0 Å². The summed E-state index contributed by atoms with van der Waals surface area (Å²) in [6.07, 6.45) is 0.913. The molecule has 0 spiro atoms. The molecule has 0 saturated carbocycles. The third-order valence-corrected chi connectivity index (χ3v) is 5.68. The summed E-state index contributed by atoms with van der Waals surface area (Å²) < 4.78 is 0. The summed E-state index contributed by atoms with van der Waals surface area (Å²) in [5.74, 6) is 0.0512. The van der Waals surface area contributed by atoms with Crippen molar-refractivity contribution < 1.29 is 4.79 Å². The van der Waals surface area contributed by atoms with Crippen molar-refractivity contribution in [2.45, 2.75) is 32.4 Å². The fraction of sp³-hybridized carbons (Fsp3) is 0.200. The molecule has 5 heteroatoms. The highest BCUT2D eigenvalue weighted by atomic mass is 16.1. The van der Waals surface area contributed by atoms with Crippen molar-refractivity contribution in [1.82, 2.24) is 10.2 Å². The predicted octanol–water partition coefficient (Wildman–Crippen LogP) is 5.47. The molecule has 0 aliphatic heterocycles. The molecule has 1 aliphatic carbocycles. The van der Waals surface area contributed by atoms with Gasteiger partial charge >= 0.3 is 0 Å². The van der Waals surface area contributed by atoms with Gasteiger partial charge in [-0.3, -0.25) is 9.89 Å². The molecule has 3 aromatic carbocycles. The van der Waals surface area contributed by atoms with Gasteiger partial charge in [0.05, 0.1) is 11.1 Å². The lowest BCUT2D eigenvalue weighted by Gasteiger charge is -2.24. The van der Waals surface area contributed by atoms with Crippen LogP contribution in [0.3, 0.4) is 0 Å². The number of aromatic amines is 1. The van der Waals surface area contributed by atoms with E-state index in [2.05, 4.69) is 46.8 Å². The molecule has 5 rings (SSSR count).